The summed E-state index contributed by atoms with van der Waals surface area (Å²) < 4.78 is 1.81. The average molecular weight is 331 g/mol. The Hall–Kier alpha value is -2.41. The Morgan fingerprint density at radius 1 is 1.38 bits per heavy atom. The molecule has 0 saturated heterocycles. The molecule has 0 atom stereocenters. The number of aryl methyl sites for hydroxylation is 4. The highest BCUT2D eigenvalue weighted by Gasteiger charge is 2.17. The summed E-state index contributed by atoms with van der Waals surface area (Å²) in [7, 11) is 0. The van der Waals surface area contributed by atoms with Crippen molar-refractivity contribution in [2.24, 2.45) is 0 Å². The molecule has 130 valence electrons. The van der Waals surface area contributed by atoms with Gasteiger partial charge in [0.25, 0.3) is 0 Å². The Kier molecular flexibility index (Phi) is 5.92. The molecule has 0 aliphatic heterocycles. The monoisotopic (exact) mass is 331 g/mol. The number of hydrogen-bond acceptors (Lipinski definition) is 4. The fourth-order valence-electron chi connectivity index (χ4n) is 2.65. The number of rotatable bonds is 6. The number of carbonyl (C=O) groups is 1. The van der Waals surface area contributed by atoms with Crippen LogP contribution in [0.1, 0.15) is 29.4 Å². The van der Waals surface area contributed by atoms with Crippen LogP contribution in [0.5, 0.6) is 0 Å². The van der Waals surface area contributed by atoms with Gasteiger partial charge in [0.1, 0.15) is 0 Å². The van der Waals surface area contributed by atoms with E-state index in [2.05, 4.69) is 15.4 Å². The molecule has 0 aromatic carbocycles. The molecular weight excluding hydrogens is 306 g/mol. The van der Waals surface area contributed by atoms with E-state index in [1.54, 1.807) is 11.1 Å². The maximum Gasteiger partial charge on any atom is 0.322 e. The van der Waals surface area contributed by atoms with Gasteiger partial charge in [0.05, 0.1) is 30.7 Å². The Balaban J connectivity index is 2.14. The summed E-state index contributed by atoms with van der Waals surface area (Å²) >= 11 is 0. The minimum atomic E-state index is -0.259. The Labute approximate surface area is 142 Å². The number of anilines is 1. The minimum Gasteiger partial charge on any atom is -0.395 e. The van der Waals surface area contributed by atoms with Gasteiger partial charge >= 0.3 is 6.03 Å². The molecule has 24 heavy (non-hydrogen) atoms. The van der Waals surface area contributed by atoms with Crippen molar-refractivity contribution in [2.45, 2.75) is 40.8 Å². The molecule has 0 aliphatic rings. The van der Waals surface area contributed by atoms with Gasteiger partial charge < -0.3 is 15.3 Å². The number of aliphatic hydroxyl groups excluding tert-OH is 1. The zero-order chi connectivity index (χ0) is 17.7. The van der Waals surface area contributed by atoms with Crippen LogP contribution in [0.25, 0.3) is 0 Å². The highest BCUT2D eigenvalue weighted by atomic mass is 16.3. The van der Waals surface area contributed by atoms with Crippen LogP contribution < -0.4 is 5.32 Å². The second-order valence-electron chi connectivity index (χ2n) is 5.82. The van der Waals surface area contributed by atoms with E-state index in [4.69, 9.17) is 0 Å². The van der Waals surface area contributed by atoms with Crippen molar-refractivity contribution in [1.82, 2.24) is 19.7 Å². The van der Waals surface area contributed by atoms with Gasteiger partial charge in [-0.2, -0.15) is 5.10 Å². The molecule has 2 N–H and O–H groups in total. The molecule has 0 radical (unpaired) electrons. The highest BCUT2D eigenvalue weighted by Crippen LogP contribution is 2.20. The molecular formula is C17H25N5O2. The van der Waals surface area contributed by atoms with E-state index < -0.39 is 0 Å². The standard InChI is InChI=1S/C17H25N5O2/c1-5-22-11-15(9-18-22)10-21(6-7-23)17(24)20-16-12(2)8-13(3)19-14(16)4/h8-9,11,23H,5-7,10H2,1-4H3,(H,20,24). The number of hydrogen-bond donors (Lipinski definition) is 2. The van der Waals surface area contributed by atoms with Gasteiger partial charge in [-0.1, -0.05) is 0 Å². The number of aromatic nitrogens is 3. The molecule has 0 saturated carbocycles. The smallest absolute Gasteiger partial charge is 0.322 e. The third-order valence-corrected chi connectivity index (χ3v) is 3.80. The van der Waals surface area contributed by atoms with Crippen LogP contribution >= 0.6 is 0 Å². The lowest BCUT2D eigenvalue weighted by atomic mass is 10.1. The molecule has 2 amide bonds. The lowest BCUT2D eigenvalue weighted by Gasteiger charge is -2.23. The molecule has 7 heteroatoms. The maximum atomic E-state index is 12.6. The largest absolute Gasteiger partial charge is 0.395 e. The minimum absolute atomic E-state index is 0.0978. The van der Waals surface area contributed by atoms with Gasteiger partial charge in [-0.15, -0.1) is 0 Å². The van der Waals surface area contributed by atoms with Crippen LogP contribution in [0.3, 0.4) is 0 Å². The summed E-state index contributed by atoms with van der Waals surface area (Å²) in [6, 6.07) is 1.68. The topological polar surface area (TPSA) is 83.3 Å². The van der Waals surface area contributed by atoms with Crippen LogP contribution in [0, 0.1) is 20.8 Å². The van der Waals surface area contributed by atoms with E-state index in [1.165, 1.54) is 0 Å². The van der Waals surface area contributed by atoms with Gasteiger partial charge in [0.15, 0.2) is 0 Å². The Morgan fingerprint density at radius 3 is 2.71 bits per heavy atom. The molecule has 2 rings (SSSR count). The first-order chi connectivity index (χ1) is 11.4. The molecule has 0 unspecified atom stereocenters. The molecule has 0 aliphatic carbocycles. The van der Waals surface area contributed by atoms with E-state index in [0.717, 1.165) is 34.7 Å². The van der Waals surface area contributed by atoms with Gasteiger partial charge in [-0.25, -0.2) is 4.79 Å². The average Bonchev–Trinajstić information content (AvgIpc) is 2.98. The fraction of sp³-hybridized carbons (Fsp3) is 0.471. The third-order valence-electron chi connectivity index (χ3n) is 3.80. The number of pyridine rings is 1. The summed E-state index contributed by atoms with van der Waals surface area (Å²) in [5, 5.41) is 16.4. The van der Waals surface area contributed by atoms with E-state index >= 15 is 0 Å². The third kappa shape index (κ3) is 4.32. The quantitative estimate of drug-likeness (QED) is 0.850. The molecule has 0 bridgehead atoms. The van der Waals surface area contributed by atoms with Crippen LogP contribution in [0.2, 0.25) is 0 Å². The Bertz CT molecular complexity index is 688. The maximum absolute atomic E-state index is 12.6. The van der Waals surface area contributed by atoms with Gasteiger partial charge in [-0.3, -0.25) is 9.67 Å². The normalized spacial score (nSPS) is 10.7. The van der Waals surface area contributed by atoms with Crippen molar-refractivity contribution in [3.05, 3.63) is 41.0 Å². The molecule has 0 fully saturated rings. The summed E-state index contributed by atoms with van der Waals surface area (Å²) in [6.45, 7) is 9.07. The van der Waals surface area contributed by atoms with E-state index in [-0.39, 0.29) is 19.2 Å². The van der Waals surface area contributed by atoms with E-state index in [0.29, 0.717) is 6.54 Å². The predicted molar refractivity (Wildman–Crippen MR) is 92.9 cm³/mol. The second-order valence-corrected chi connectivity index (χ2v) is 5.82. The predicted octanol–water partition coefficient (Wildman–Crippen LogP) is 2.25. The van der Waals surface area contributed by atoms with Crippen molar-refractivity contribution < 1.29 is 9.90 Å². The number of nitrogens with one attached hydrogen (secondary N) is 1. The summed E-state index contributed by atoms with van der Waals surface area (Å²) in [5.41, 5.74) is 4.32. The SMILES string of the molecule is CCn1cc(CN(CCO)C(=O)Nc2c(C)cc(C)nc2C)cn1. The van der Waals surface area contributed by atoms with Gasteiger partial charge in [0.2, 0.25) is 0 Å². The first kappa shape index (κ1) is 17.9. The number of amides is 2. The number of urea groups is 1. The first-order valence-corrected chi connectivity index (χ1v) is 8.07. The first-order valence-electron chi connectivity index (χ1n) is 8.07. The van der Waals surface area contributed by atoms with Gasteiger partial charge in [0, 0.05) is 30.5 Å². The molecule has 2 heterocycles. The molecule has 2 aromatic rings. The number of aliphatic hydroxyl groups is 1. The molecule has 7 nitrogen and oxygen atoms in total. The van der Waals surface area contributed by atoms with E-state index in [1.807, 2.05) is 44.6 Å². The summed E-state index contributed by atoms with van der Waals surface area (Å²) in [4.78, 5) is 18.6. The zero-order valence-electron chi connectivity index (χ0n) is 14.7. The molecule has 0 spiro atoms. The van der Waals surface area contributed by atoms with Crippen molar-refractivity contribution in [1.29, 1.82) is 0 Å². The van der Waals surface area contributed by atoms with Crippen molar-refractivity contribution in [3.63, 3.8) is 0 Å². The number of carbonyl (C=O) groups excluding carboxylic acids is 1. The lowest BCUT2D eigenvalue weighted by molar-refractivity contribution is 0.185. The fourth-order valence-corrected chi connectivity index (χ4v) is 2.65. The second kappa shape index (κ2) is 7.92. The van der Waals surface area contributed by atoms with Crippen LogP contribution in [0.4, 0.5) is 10.5 Å². The zero-order valence-corrected chi connectivity index (χ0v) is 14.7. The lowest BCUT2D eigenvalue weighted by Crippen LogP contribution is -2.36. The van der Waals surface area contributed by atoms with Crippen molar-refractivity contribution in [3.8, 4) is 0 Å². The van der Waals surface area contributed by atoms with Crippen LogP contribution in [-0.2, 0) is 13.1 Å². The Morgan fingerprint density at radius 2 is 2.12 bits per heavy atom. The molecule has 2 aromatic heterocycles. The van der Waals surface area contributed by atoms with Crippen molar-refractivity contribution >= 4 is 11.7 Å². The van der Waals surface area contributed by atoms with Gasteiger partial charge in [-0.05, 0) is 39.3 Å². The highest BCUT2D eigenvalue weighted by molar-refractivity contribution is 5.90. The summed E-state index contributed by atoms with van der Waals surface area (Å²) in [5.74, 6) is 0. The van der Waals surface area contributed by atoms with E-state index in [9.17, 15) is 9.90 Å². The van der Waals surface area contributed by atoms with Crippen LogP contribution in [-0.4, -0.2) is 44.0 Å². The van der Waals surface area contributed by atoms with Crippen molar-refractivity contribution in [2.75, 3.05) is 18.5 Å². The number of nitrogens with zero attached hydrogens (tertiary/aromatic N) is 4. The summed E-state index contributed by atoms with van der Waals surface area (Å²) in [6.07, 6.45) is 3.65. The van der Waals surface area contributed by atoms with Crippen LogP contribution in [0.15, 0.2) is 18.5 Å².